The Kier molecular flexibility index (Phi) is 5.46. The molecule has 7 heteroatoms. The van der Waals surface area contributed by atoms with Gasteiger partial charge in [-0.05, 0) is 43.2 Å². The lowest BCUT2D eigenvalue weighted by atomic mass is 9.97. The predicted molar refractivity (Wildman–Crippen MR) is 101 cm³/mol. The molecule has 1 aliphatic heterocycles. The lowest BCUT2D eigenvalue weighted by Gasteiger charge is -2.31. The van der Waals surface area contributed by atoms with E-state index in [1.165, 1.54) is 12.8 Å². The summed E-state index contributed by atoms with van der Waals surface area (Å²) in [5.41, 5.74) is 0.973. The Morgan fingerprint density at radius 2 is 2.04 bits per heavy atom. The molecule has 3 heterocycles. The lowest BCUT2D eigenvalue weighted by molar-refractivity contribution is -0.125. The summed E-state index contributed by atoms with van der Waals surface area (Å²) in [6.45, 7) is 2.78. The van der Waals surface area contributed by atoms with Gasteiger partial charge in [-0.15, -0.1) is 0 Å². The highest BCUT2D eigenvalue weighted by Gasteiger charge is 2.27. The largest absolute Gasteiger partial charge is 0.477 e. The van der Waals surface area contributed by atoms with Crippen LogP contribution in [-0.4, -0.2) is 40.6 Å². The molecular formula is C20H25N5O2. The van der Waals surface area contributed by atoms with Gasteiger partial charge in [0, 0.05) is 44.3 Å². The second-order valence-corrected chi connectivity index (χ2v) is 7.31. The summed E-state index contributed by atoms with van der Waals surface area (Å²) >= 11 is 0. The molecular weight excluding hydrogens is 342 g/mol. The predicted octanol–water partition coefficient (Wildman–Crippen LogP) is 2.19. The molecule has 1 saturated carbocycles. The Bertz CT molecular complexity index is 749. The van der Waals surface area contributed by atoms with Crippen molar-refractivity contribution in [3.8, 4) is 5.88 Å². The first-order valence-corrected chi connectivity index (χ1v) is 9.65. The van der Waals surface area contributed by atoms with Crippen molar-refractivity contribution >= 4 is 11.9 Å². The van der Waals surface area contributed by atoms with E-state index >= 15 is 0 Å². The third kappa shape index (κ3) is 4.93. The number of hydrogen-bond acceptors (Lipinski definition) is 6. The van der Waals surface area contributed by atoms with E-state index in [-0.39, 0.29) is 11.8 Å². The molecule has 4 rings (SSSR count). The van der Waals surface area contributed by atoms with Gasteiger partial charge in [0.2, 0.25) is 17.7 Å². The Morgan fingerprint density at radius 1 is 1.19 bits per heavy atom. The second-order valence-electron chi connectivity index (χ2n) is 7.31. The van der Waals surface area contributed by atoms with E-state index in [4.69, 9.17) is 4.74 Å². The highest BCUT2D eigenvalue weighted by Crippen LogP contribution is 2.29. The van der Waals surface area contributed by atoms with Crippen molar-refractivity contribution in [2.75, 3.05) is 24.6 Å². The van der Waals surface area contributed by atoms with Crippen molar-refractivity contribution < 1.29 is 9.53 Å². The van der Waals surface area contributed by atoms with Crippen LogP contribution >= 0.6 is 0 Å². The van der Waals surface area contributed by atoms with Crippen LogP contribution in [0.15, 0.2) is 36.8 Å². The maximum Gasteiger partial charge on any atom is 0.225 e. The number of nitrogens with one attached hydrogen (secondary N) is 1. The fourth-order valence-electron chi connectivity index (χ4n) is 3.25. The van der Waals surface area contributed by atoms with Crippen LogP contribution in [0, 0.1) is 11.8 Å². The van der Waals surface area contributed by atoms with Gasteiger partial charge in [0.05, 0.1) is 12.5 Å². The van der Waals surface area contributed by atoms with Crippen LogP contribution < -0.4 is 15.0 Å². The van der Waals surface area contributed by atoms with Crippen LogP contribution in [0.4, 0.5) is 5.95 Å². The lowest BCUT2D eigenvalue weighted by Crippen LogP contribution is -2.43. The molecule has 27 heavy (non-hydrogen) atoms. The van der Waals surface area contributed by atoms with Gasteiger partial charge in [0.15, 0.2) is 0 Å². The Morgan fingerprint density at radius 3 is 2.78 bits per heavy atom. The zero-order chi connectivity index (χ0) is 18.5. The molecule has 2 aromatic heterocycles. The second kappa shape index (κ2) is 8.33. The van der Waals surface area contributed by atoms with E-state index < -0.39 is 0 Å². The maximum atomic E-state index is 12.6. The zero-order valence-corrected chi connectivity index (χ0v) is 15.4. The summed E-state index contributed by atoms with van der Waals surface area (Å²) < 4.78 is 5.64. The Labute approximate surface area is 159 Å². The van der Waals surface area contributed by atoms with Crippen molar-refractivity contribution in [2.45, 2.75) is 32.2 Å². The maximum absolute atomic E-state index is 12.6. The van der Waals surface area contributed by atoms with Crippen molar-refractivity contribution in [1.29, 1.82) is 0 Å². The SMILES string of the molecule is O=C(NCc1ccc(OCC2CC2)nc1)[C@H]1CCCN(c2ncccn2)C1. The summed E-state index contributed by atoms with van der Waals surface area (Å²) in [6.07, 6.45) is 9.62. The standard InChI is InChI=1S/C20H25N5O2/c26-19(17-3-1-10-25(13-17)20-21-8-2-9-22-20)24-12-16-6-7-18(23-11-16)27-14-15-4-5-15/h2,6-9,11,15,17H,1,3-5,10,12-14H2,(H,24,26)/t17-/m0/s1. The highest BCUT2D eigenvalue weighted by molar-refractivity contribution is 5.79. The van der Waals surface area contributed by atoms with E-state index in [9.17, 15) is 4.79 Å². The molecule has 0 aromatic carbocycles. The zero-order valence-electron chi connectivity index (χ0n) is 15.4. The van der Waals surface area contributed by atoms with Gasteiger partial charge >= 0.3 is 0 Å². The third-order valence-corrected chi connectivity index (χ3v) is 5.06. The number of aromatic nitrogens is 3. The summed E-state index contributed by atoms with van der Waals surface area (Å²) in [5, 5.41) is 3.03. The van der Waals surface area contributed by atoms with Crippen molar-refractivity contribution in [2.24, 2.45) is 11.8 Å². The van der Waals surface area contributed by atoms with Crippen LogP contribution in [0.5, 0.6) is 5.88 Å². The molecule has 1 saturated heterocycles. The van der Waals surface area contributed by atoms with Gasteiger partial charge in [-0.1, -0.05) is 6.07 Å². The van der Waals surface area contributed by atoms with Crippen molar-refractivity contribution in [3.05, 3.63) is 42.4 Å². The van der Waals surface area contributed by atoms with Crippen molar-refractivity contribution in [3.63, 3.8) is 0 Å². The topological polar surface area (TPSA) is 80.2 Å². The molecule has 1 amide bonds. The number of carbonyl (C=O) groups is 1. The normalized spacial score (nSPS) is 19.6. The highest BCUT2D eigenvalue weighted by atomic mass is 16.5. The summed E-state index contributed by atoms with van der Waals surface area (Å²) in [7, 11) is 0. The molecule has 2 fully saturated rings. The van der Waals surface area contributed by atoms with E-state index in [0.29, 0.717) is 30.8 Å². The Hall–Kier alpha value is -2.70. The third-order valence-electron chi connectivity index (χ3n) is 5.06. The fraction of sp³-hybridized carbons (Fsp3) is 0.500. The van der Waals surface area contributed by atoms with Crippen LogP contribution in [0.1, 0.15) is 31.2 Å². The molecule has 2 aromatic rings. The first-order valence-electron chi connectivity index (χ1n) is 9.65. The molecule has 0 radical (unpaired) electrons. The minimum atomic E-state index is -0.0448. The molecule has 0 spiro atoms. The first kappa shape index (κ1) is 17.7. The molecule has 1 aliphatic carbocycles. The van der Waals surface area contributed by atoms with Gasteiger partial charge < -0.3 is 15.0 Å². The van der Waals surface area contributed by atoms with Gasteiger partial charge in [-0.3, -0.25) is 4.79 Å². The van der Waals surface area contributed by atoms with Gasteiger partial charge in [-0.2, -0.15) is 0 Å². The monoisotopic (exact) mass is 367 g/mol. The van der Waals surface area contributed by atoms with Gasteiger partial charge in [-0.25, -0.2) is 15.0 Å². The average molecular weight is 367 g/mol. The quantitative estimate of drug-likeness (QED) is 0.808. The number of amides is 1. The summed E-state index contributed by atoms with van der Waals surface area (Å²) in [5.74, 6) is 2.09. The summed E-state index contributed by atoms with van der Waals surface area (Å²) in [4.78, 5) is 27.6. The number of ether oxygens (including phenoxy) is 1. The number of rotatable bonds is 7. The Balaban J connectivity index is 1.25. The number of nitrogens with zero attached hydrogens (tertiary/aromatic N) is 4. The van der Waals surface area contributed by atoms with Gasteiger partial charge in [0.25, 0.3) is 0 Å². The average Bonchev–Trinajstić information content (AvgIpc) is 3.56. The molecule has 0 bridgehead atoms. The van der Waals surface area contributed by atoms with E-state index in [1.54, 1.807) is 24.7 Å². The van der Waals surface area contributed by atoms with E-state index in [1.807, 2.05) is 12.1 Å². The van der Waals surface area contributed by atoms with Gasteiger partial charge in [0.1, 0.15) is 0 Å². The smallest absolute Gasteiger partial charge is 0.225 e. The molecule has 1 atom stereocenters. The minimum Gasteiger partial charge on any atom is -0.477 e. The van der Waals surface area contributed by atoms with Crippen LogP contribution in [-0.2, 0) is 11.3 Å². The number of piperidine rings is 1. The first-order chi connectivity index (χ1) is 13.3. The minimum absolute atomic E-state index is 0.0448. The summed E-state index contributed by atoms with van der Waals surface area (Å²) in [6, 6.07) is 5.63. The molecule has 1 N–H and O–H groups in total. The molecule has 142 valence electrons. The van der Waals surface area contributed by atoms with E-state index in [0.717, 1.165) is 31.6 Å². The molecule has 2 aliphatic rings. The van der Waals surface area contributed by atoms with Crippen LogP contribution in [0.3, 0.4) is 0 Å². The van der Waals surface area contributed by atoms with Crippen molar-refractivity contribution in [1.82, 2.24) is 20.3 Å². The van der Waals surface area contributed by atoms with Crippen LogP contribution in [0.25, 0.3) is 0 Å². The number of carbonyl (C=O) groups excluding carboxylic acids is 1. The number of pyridine rings is 1. The fourth-order valence-corrected chi connectivity index (χ4v) is 3.25. The number of anilines is 1. The van der Waals surface area contributed by atoms with Crippen LogP contribution in [0.2, 0.25) is 0 Å². The molecule has 0 unspecified atom stereocenters. The number of hydrogen-bond donors (Lipinski definition) is 1. The molecule has 7 nitrogen and oxygen atoms in total. The van der Waals surface area contributed by atoms with E-state index in [2.05, 4.69) is 25.2 Å².